The van der Waals surface area contributed by atoms with Gasteiger partial charge in [-0.3, -0.25) is 0 Å². The Balaban J connectivity index is 1.70. The third-order valence-electron chi connectivity index (χ3n) is 3.29. The molecule has 0 radical (unpaired) electrons. The fourth-order valence-electron chi connectivity index (χ4n) is 2.25. The maximum atomic E-state index is 9.20. The van der Waals surface area contributed by atoms with Crippen LogP contribution in [-0.2, 0) is 0 Å². The molecule has 5 heteroatoms. The van der Waals surface area contributed by atoms with E-state index in [0.717, 1.165) is 31.6 Å². The maximum absolute atomic E-state index is 9.20. The van der Waals surface area contributed by atoms with Crippen molar-refractivity contribution in [3.8, 4) is 0 Å². The minimum atomic E-state index is -0.171. The number of hydrogen-bond donors (Lipinski definition) is 2. The van der Waals surface area contributed by atoms with Gasteiger partial charge in [0.1, 0.15) is 0 Å². The highest BCUT2D eigenvalue weighted by atomic mass is 16.5. The lowest BCUT2D eigenvalue weighted by molar-refractivity contribution is 0.0625. The zero-order chi connectivity index (χ0) is 10.3. The van der Waals surface area contributed by atoms with E-state index in [4.69, 9.17) is 4.52 Å². The summed E-state index contributed by atoms with van der Waals surface area (Å²) in [6, 6.07) is 0.271. The second-order valence-corrected chi connectivity index (χ2v) is 4.46. The Morgan fingerprint density at radius 2 is 2.27 bits per heavy atom. The summed E-state index contributed by atoms with van der Waals surface area (Å²) in [6.07, 6.45) is 3.62. The maximum Gasteiger partial charge on any atom is 0.230 e. The van der Waals surface area contributed by atoms with Crippen molar-refractivity contribution in [3.63, 3.8) is 0 Å². The first-order valence-corrected chi connectivity index (χ1v) is 5.58. The number of hydrogen-bond acceptors (Lipinski definition) is 5. The van der Waals surface area contributed by atoms with Crippen LogP contribution < -0.4 is 5.32 Å². The average Bonchev–Trinajstić information content (AvgIpc) is 2.83. The second-order valence-electron chi connectivity index (χ2n) is 4.46. The van der Waals surface area contributed by atoms with E-state index >= 15 is 0 Å². The molecule has 2 heterocycles. The summed E-state index contributed by atoms with van der Waals surface area (Å²) in [6.45, 7) is 1.04. The van der Waals surface area contributed by atoms with E-state index in [0.29, 0.717) is 5.89 Å². The standard InChI is InChI=1S/C10H15N3O2/c14-7-4-6(5-7)10-12-9(13-15-10)8-2-1-3-11-8/h6-8,11,14H,1-5H2. The van der Waals surface area contributed by atoms with Crippen LogP contribution in [0, 0.1) is 0 Å². The molecule has 2 fully saturated rings. The normalized spacial score (nSPS) is 35.4. The minimum Gasteiger partial charge on any atom is -0.393 e. The van der Waals surface area contributed by atoms with Crippen LogP contribution in [0.3, 0.4) is 0 Å². The predicted molar refractivity (Wildman–Crippen MR) is 52.3 cm³/mol. The number of nitrogens with one attached hydrogen (secondary N) is 1. The molecule has 0 bridgehead atoms. The highest BCUT2D eigenvalue weighted by Crippen LogP contribution is 2.36. The molecule has 2 aliphatic rings. The van der Waals surface area contributed by atoms with Crippen LogP contribution >= 0.6 is 0 Å². The summed E-state index contributed by atoms with van der Waals surface area (Å²) in [7, 11) is 0. The smallest absolute Gasteiger partial charge is 0.230 e. The lowest BCUT2D eigenvalue weighted by atomic mass is 9.82. The molecule has 1 unspecified atom stereocenters. The molecule has 2 N–H and O–H groups in total. The number of nitrogens with zero attached hydrogens (tertiary/aromatic N) is 2. The Morgan fingerprint density at radius 3 is 2.93 bits per heavy atom. The van der Waals surface area contributed by atoms with Gasteiger partial charge in [-0.25, -0.2) is 0 Å². The molecule has 15 heavy (non-hydrogen) atoms. The van der Waals surface area contributed by atoms with E-state index in [1.165, 1.54) is 6.42 Å². The number of aliphatic hydroxyl groups is 1. The number of aliphatic hydroxyl groups excluding tert-OH is 1. The van der Waals surface area contributed by atoms with E-state index in [1.54, 1.807) is 0 Å². The molecule has 1 saturated heterocycles. The molecular formula is C10H15N3O2. The summed E-state index contributed by atoms with van der Waals surface area (Å²) < 4.78 is 5.22. The van der Waals surface area contributed by atoms with Gasteiger partial charge in [0.15, 0.2) is 5.82 Å². The Kier molecular flexibility index (Phi) is 2.21. The summed E-state index contributed by atoms with van der Waals surface area (Å²) in [5.41, 5.74) is 0. The van der Waals surface area contributed by atoms with Gasteiger partial charge in [-0.05, 0) is 32.2 Å². The SMILES string of the molecule is OC1CC(c2nc(C3CCCN3)no2)C1. The van der Waals surface area contributed by atoms with Gasteiger partial charge < -0.3 is 14.9 Å². The lowest BCUT2D eigenvalue weighted by Gasteiger charge is -2.27. The third kappa shape index (κ3) is 1.66. The summed E-state index contributed by atoms with van der Waals surface area (Å²) in [5, 5.41) is 16.5. The van der Waals surface area contributed by atoms with E-state index in [9.17, 15) is 5.11 Å². The monoisotopic (exact) mass is 209 g/mol. The van der Waals surface area contributed by atoms with Crippen molar-refractivity contribution in [1.82, 2.24) is 15.5 Å². The van der Waals surface area contributed by atoms with Crippen LogP contribution in [0.4, 0.5) is 0 Å². The summed E-state index contributed by atoms with van der Waals surface area (Å²) >= 11 is 0. The zero-order valence-corrected chi connectivity index (χ0v) is 8.52. The topological polar surface area (TPSA) is 71.2 Å². The van der Waals surface area contributed by atoms with Crippen LogP contribution in [-0.4, -0.2) is 27.9 Å². The van der Waals surface area contributed by atoms with Crippen molar-refractivity contribution in [1.29, 1.82) is 0 Å². The van der Waals surface area contributed by atoms with Crippen LogP contribution in [0.15, 0.2) is 4.52 Å². The second kappa shape index (κ2) is 3.57. The number of rotatable bonds is 2. The first-order chi connectivity index (χ1) is 7.33. The molecule has 5 nitrogen and oxygen atoms in total. The van der Waals surface area contributed by atoms with Crippen molar-refractivity contribution in [3.05, 3.63) is 11.7 Å². The van der Waals surface area contributed by atoms with Crippen LogP contribution in [0.5, 0.6) is 0 Å². The average molecular weight is 209 g/mol. The van der Waals surface area contributed by atoms with Crippen LogP contribution in [0.1, 0.15) is 49.4 Å². The highest BCUT2D eigenvalue weighted by Gasteiger charge is 2.34. The van der Waals surface area contributed by atoms with Crippen LogP contribution in [0.25, 0.3) is 0 Å². The van der Waals surface area contributed by atoms with Crippen molar-refractivity contribution in [2.24, 2.45) is 0 Å². The van der Waals surface area contributed by atoms with Gasteiger partial charge in [0.25, 0.3) is 0 Å². The molecule has 1 aliphatic heterocycles. The molecule has 0 amide bonds. The van der Waals surface area contributed by atoms with Gasteiger partial charge in [-0.2, -0.15) is 4.98 Å². The predicted octanol–water partition coefficient (Wildman–Crippen LogP) is 0.732. The molecule has 82 valence electrons. The van der Waals surface area contributed by atoms with Crippen molar-refractivity contribution in [2.45, 2.75) is 43.7 Å². The molecule has 0 spiro atoms. The quantitative estimate of drug-likeness (QED) is 0.751. The van der Waals surface area contributed by atoms with Gasteiger partial charge in [0.2, 0.25) is 5.89 Å². The largest absolute Gasteiger partial charge is 0.393 e. The fraction of sp³-hybridized carbons (Fsp3) is 0.800. The molecule has 1 saturated carbocycles. The molecular weight excluding hydrogens is 194 g/mol. The van der Waals surface area contributed by atoms with Gasteiger partial charge >= 0.3 is 0 Å². The van der Waals surface area contributed by atoms with Crippen molar-refractivity contribution < 1.29 is 9.63 Å². The van der Waals surface area contributed by atoms with Gasteiger partial charge in [0.05, 0.1) is 12.1 Å². The molecule has 1 aromatic heterocycles. The third-order valence-corrected chi connectivity index (χ3v) is 3.29. The lowest BCUT2D eigenvalue weighted by Crippen LogP contribution is -2.26. The van der Waals surface area contributed by atoms with E-state index in [-0.39, 0.29) is 18.1 Å². The first kappa shape index (κ1) is 9.30. The van der Waals surface area contributed by atoms with E-state index in [2.05, 4.69) is 15.5 Å². The van der Waals surface area contributed by atoms with Gasteiger partial charge in [-0.1, -0.05) is 5.16 Å². The molecule has 1 atom stereocenters. The van der Waals surface area contributed by atoms with E-state index < -0.39 is 0 Å². The van der Waals surface area contributed by atoms with Gasteiger partial charge in [0, 0.05) is 5.92 Å². The minimum absolute atomic E-state index is 0.171. The summed E-state index contributed by atoms with van der Waals surface area (Å²) in [5.74, 6) is 1.76. The Bertz CT molecular complexity index is 340. The Morgan fingerprint density at radius 1 is 1.40 bits per heavy atom. The number of aromatic nitrogens is 2. The highest BCUT2D eigenvalue weighted by molar-refractivity contribution is 5.04. The van der Waals surface area contributed by atoms with Crippen molar-refractivity contribution >= 4 is 0 Å². The molecule has 0 aromatic carbocycles. The molecule has 1 aromatic rings. The Labute approximate surface area is 87.9 Å². The first-order valence-electron chi connectivity index (χ1n) is 5.58. The fourth-order valence-corrected chi connectivity index (χ4v) is 2.25. The van der Waals surface area contributed by atoms with Crippen molar-refractivity contribution in [2.75, 3.05) is 6.54 Å². The molecule has 3 rings (SSSR count). The van der Waals surface area contributed by atoms with Gasteiger partial charge in [-0.15, -0.1) is 0 Å². The van der Waals surface area contributed by atoms with E-state index in [1.807, 2.05) is 0 Å². The Hall–Kier alpha value is -0.940. The van der Waals surface area contributed by atoms with Crippen LogP contribution in [0.2, 0.25) is 0 Å². The summed E-state index contributed by atoms with van der Waals surface area (Å²) in [4.78, 5) is 4.40. The zero-order valence-electron chi connectivity index (χ0n) is 8.52. The molecule has 1 aliphatic carbocycles.